The number of aliphatic hydroxyl groups is 2. The number of nitrogens with zero attached hydrogens (tertiary/aromatic N) is 1. The molecule has 7 nitrogen and oxygen atoms in total. The lowest BCUT2D eigenvalue weighted by Crippen LogP contribution is -2.44. The monoisotopic (exact) mass is 462 g/mol. The zero-order chi connectivity index (χ0) is 21.0. The Labute approximate surface area is 177 Å². The highest BCUT2D eigenvalue weighted by Crippen LogP contribution is 2.20. The molecule has 0 aromatic heterocycles. The molecule has 4 atom stereocenters. The number of esters is 1. The van der Waals surface area contributed by atoms with Crippen LogP contribution in [0.3, 0.4) is 0 Å². The molecule has 0 radical (unpaired) electrons. The highest BCUT2D eigenvalue weighted by molar-refractivity contribution is 9.10. The second-order valence-electron chi connectivity index (χ2n) is 6.93. The Hall–Kier alpha value is -2.26. The second kappa shape index (κ2) is 9.49. The minimum absolute atomic E-state index is 0.0714. The number of halogens is 1. The zero-order valence-corrected chi connectivity index (χ0v) is 17.5. The number of benzene rings is 2. The molecule has 8 heteroatoms. The van der Waals surface area contributed by atoms with Crippen molar-refractivity contribution in [1.29, 1.82) is 0 Å². The van der Waals surface area contributed by atoms with Crippen LogP contribution in [0.4, 0.5) is 0 Å². The number of ether oxygens (including phenoxy) is 1. The van der Waals surface area contributed by atoms with Crippen LogP contribution in [0.1, 0.15) is 22.0 Å². The number of amides is 1. The van der Waals surface area contributed by atoms with Crippen molar-refractivity contribution in [2.45, 2.75) is 24.3 Å². The smallest absolute Gasteiger partial charge is 0.338 e. The molecule has 0 spiro atoms. The van der Waals surface area contributed by atoms with Crippen molar-refractivity contribution < 1.29 is 24.5 Å². The third-order valence-corrected chi connectivity index (χ3v) is 5.58. The molecular weight excluding hydrogens is 440 g/mol. The fourth-order valence-corrected chi connectivity index (χ4v) is 3.53. The van der Waals surface area contributed by atoms with Gasteiger partial charge in [-0.3, -0.25) is 4.79 Å². The summed E-state index contributed by atoms with van der Waals surface area (Å²) in [7, 11) is 1.54. The van der Waals surface area contributed by atoms with Crippen LogP contribution in [0.2, 0.25) is 0 Å². The van der Waals surface area contributed by atoms with Crippen LogP contribution in [-0.2, 0) is 9.53 Å². The van der Waals surface area contributed by atoms with Crippen LogP contribution in [0, 0.1) is 0 Å². The van der Waals surface area contributed by atoms with Gasteiger partial charge in [0, 0.05) is 18.1 Å². The summed E-state index contributed by atoms with van der Waals surface area (Å²) in [6.45, 7) is 0.303. The average Bonchev–Trinajstić information content (AvgIpc) is 2.92. The molecule has 2 aromatic carbocycles. The quantitative estimate of drug-likeness (QED) is 0.539. The van der Waals surface area contributed by atoms with E-state index in [1.54, 1.807) is 31.3 Å². The highest BCUT2D eigenvalue weighted by Gasteiger charge is 2.44. The van der Waals surface area contributed by atoms with Gasteiger partial charge in [-0.2, -0.15) is 0 Å². The van der Waals surface area contributed by atoms with Gasteiger partial charge in [0.05, 0.1) is 17.6 Å². The SMILES string of the molecule is CN1C(=O)[C@H](O)[C@H](O)[C@H]1CN[C@@H](COC(=O)c1ccc(Br)cc1)c1ccccc1. The van der Waals surface area contributed by atoms with Crippen LogP contribution in [0.25, 0.3) is 0 Å². The lowest BCUT2D eigenvalue weighted by Gasteiger charge is -2.26. The van der Waals surface area contributed by atoms with E-state index in [2.05, 4.69) is 21.2 Å². The summed E-state index contributed by atoms with van der Waals surface area (Å²) in [5.41, 5.74) is 1.35. The number of likely N-dealkylation sites (N-methyl/N-ethyl adjacent to an activating group) is 1. The Bertz CT molecular complexity index is 846. The molecular formula is C21H23BrN2O5. The molecule has 0 saturated carbocycles. The molecule has 1 aliphatic heterocycles. The minimum Gasteiger partial charge on any atom is -0.460 e. The summed E-state index contributed by atoms with van der Waals surface area (Å²) in [6.07, 6.45) is -2.60. The molecule has 29 heavy (non-hydrogen) atoms. The first-order valence-electron chi connectivity index (χ1n) is 9.22. The van der Waals surface area contributed by atoms with Crippen LogP contribution in [0.5, 0.6) is 0 Å². The molecule has 0 aliphatic carbocycles. The van der Waals surface area contributed by atoms with Crippen LogP contribution in [0.15, 0.2) is 59.1 Å². The topological polar surface area (TPSA) is 99.1 Å². The maximum atomic E-state index is 12.4. The van der Waals surface area contributed by atoms with E-state index in [1.165, 1.54) is 4.90 Å². The van der Waals surface area contributed by atoms with E-state index in [9.17, 15) is 19.8 Å². The molecule has 1 amide bonds. The van der Waals surface area contributed by atoms with Gasteiger partial charge in [-0.25, -0.2) is 4.79 Å². The second-order valence-corrected chi connectivity index (χ2v) is 7.84. The summed E-state index contributed by atoms with van der Waals surface area (Å²) < 4.78 is 6.36. The lowest BCUT2D eigenvalue weighted by molar-refractivity contribution is -0.135. The van der Waals surface area contributed by atoms with Gasteiger partial charge < -0.3 is 25.2 Å². The van der Waals surface area contributed by atoms with Gasteiger partial charge in [-0.05, 0) is 29.8 Å². The maximum Gasteiger partial charge on any atom is 0.338 e. The van der Waals surface area contributed by atoms with E-state index in [4.69, 9.17) is 4.74 Å². The predicted octanol–water partition coefficient (Wildman–Crippen LogP) is 1.50. The minimum atomic E-state index is -1.42. The molecule has 3 N–H and O–H groups in total. The summed E-state index contributed by atoms with van der Waals surface area (Å²) in [4.78, 5) is 25.5. The third kappa shape index (κ3) is 5.02. The first-order chi connectivity index (χ1) is 13.9. The average molecular weight is 463 g/mol. The van der Waals surface area contributed by atoms with Gasteiger partial charge in [-0.15, -0.1) is 0 Å². The predicted molar refractivity (Wildman–Crippen MR) is 110 cm³/mol. The molecule has 1 saturated heterocycles. The number of nitrogens with one attached hydrogen (secondary N) is 1. The molecule has 1 heterocycles. The number of carbonyl (C=O) groups is 2. The van der Waals surface area contributed by atoms with Crippen LogP contribution < -0.4 is 5.32 Å². The van der Waals surface area contributed by atoms with Crippen molar-refractivity contribution >= 4 is 27.8 Å². The van der Waals surface area contributed by atoms with Crippen molar-refractivity contribution in [1.82, 2.24) is 10.2 Å². The van der Waals surface area contributed by atoms with E-state index < -0.39 is 30.1 Å². The molecule has 0 unspecified atom stereocenters. The van der Waals surface area contributed by atoms with Crippen molar-refractivity contribution in [2.75, 3.05) is 20.2 Å². The number of aliphatic hydroxyl groups excluding tert-OH is 2. The van der Waals surface area contributed by atoms with E-state index in [0.717, 1.165) is 10.0 Å². The Balaban J connectivity index is 1.66. The van der Waals surface area contributed by atoms with Gasteiger partial charge >= 0.3 is 5.97 Å². The molecule has 0 bridgehead atoms. The zero-order valence-electron chi connectivity index (χ0n) is 15.9. The highest BCUT2D eigenvalue weighted by atomic mass is 79.9. The molecule has 3 rings (SSSR count). The Morgan fingerprint density at radius 3 is 2.41 bits per heavy atom. The summed E-state index contributed by atoms with van der Waals surface area (Å²) in [5.74, 6) is -0.953. The van der Waals surface area contributed by atoms with Crippen molar-refractivity contribution in [3.63, 3.8) is 0 Å². The normalized spacial score (nSPS) is 22.6. The largest absolute Gasteiger partial charge is 0.460 e. The first kappa shape index (κ1) is 21.4. The third-order valence-electron chi connectivity index (χ3n) is 5.05. The van der Waals surface area contributed by atoms with E-state index in [1.807, 2.05) is 30.3 Å². The molecule has 2 aromatic rings. The summed E-state index contributed by atoms with van der Waals surface area (Å²) in [6, 6.07) is 15.4. The van der Waals surface area contributed by atoms with Gasteiger partial charge in [-0.1, -0.05) is 46.3 Å². The van der Waals surface area contributed by atoms with E-state index >= 15 is 0 Å². The summed E-state index contributed by atoms with van der Waals surface area (Å²) in [5, 5.41) is 23.1. The van der Waals surface area contributed by atoms with E-state index in [-0.39, 0.29) is 19.2 Å². The maximum absolute atomic E-state index is 12.4. The Morgan fingerprint density at radius 2 is 1.83 bits per heavy atom. The number of hydrogen-bond donors (Lipinski definition) is 3. The number of carbonyl (C=O) groups excluding carboxylic acids is 2. The van der Waals surface area contributed by atoms with E-state index in [0.29, 0.717) is 5.56 Å². The van der Waals surface area contributed by atoms with Crippen molar-refractivity contribution in [3.8, 4) is 0 Å². The van der Waals surface area contributed by atoms with Crippen LogP contribution >= 0.6 is 15.9 Å². The Kier molecular flexibility index (Phi) is 7.02. The van der Waals surface area contributed by atoms with Crippen LogP contribution in [-0.4, -0.2) is 65.4 Å². The first-order valence-corrected chi connectivity index (χ1v) is 10.0. The Morgan fingerprint density at radius 1 is 1.17 bits per heavy atom. The molecule has 154 valence electrons. The van der Waals surface area contributed by atoms with Crippen molar-refractivity contribution in [2.24, 2.45) is 0 Å². The number of likely N-dealkylation sites (tertiary alicyclic amines) is 1. The summed E-state index contributed by atoms with van der Waals surface area (Å²) >= 11 is 3.33. The van der Waals surface area contributed by atoms with Gasteiger partial charge in [0.2, 0.25) is 0 Å². The number of rotatable bonds is 7. The lowest BCUT2D eigenvalue weighted by atomic mass is 10.1. The number of hydrogen-bond acceptors (Lipinski definition) is 6. The van der Waals surface area contributed by atoms with Crippen molar-refractivity contribution in [3.05, 3.63) is 70.2 Å². The van der Waals surface area contributed by atoms with Gasteiger partial charge in [0.15, 0.2) is 6.10 Å². The molecule has 1 aliphatic rings. The van der Waals surface area contributed by atoms with Gasteiger partial charge in [0.25, 0.3) is 5.91 Å². The molecule has 1 fully saturated rings. The standard InChI is InChI=1S/C21H23BrN2O5/c1-24-17(18(25)19(26)20(24)27)11-23-16(13-5-3-2-4-6-13)12-29-21(28)14-7-9-15(22)10-8-14/h2-10,16-19,23,25-26H,11-12H2,1H3/t16-,17+,18+,19+/m0/s1. The fourth-order valence-electron chi connectivity index (χ4n) is 3.27. The van der Waals surface area contributed by atoms with Gasteiger partial charge in [0.1, 0.15) is 12.7 Å². The fraction of sp³-hybridized carbons (Fsp3) is 0.333.